The van der Waals surface area contributed by atoms with Gasteiger partial charge in [-0.15, -0.1) is 0 Å². The quantitative estimate of drug-likeness (QED) is 0.911. The predicted molar refractivity (Wildman–Crippen MR) is 70.9 cm³/mol. The summed E-state index contributed by atoms with van der Waals surface area (Å²) in [7, 11) is 0. The maximum atomic E-state index is 13.9. The Kier molecular flexibility index (Phi) is 4.57. The summed E-state index contributed by atoms with van der Waals surface area (Å²) in [6.07, 6.45) is -0.0199. The molecule has 0 aromatic heterocycles. The Morgan fingerprint density at radius 3 is 2.95 bits per heavy atom. The summed E-state index contributed by atoms with van der Waals surface area (Å²) in [6, 6.07) is 3.75. The van der Waals surface area contributed by atoms with Crippen molar-refractivity contribution < 1.29 is 18.7 Å². The van der Waals surface area contributed by atoms with Crippen LogP contribution in [0, 0.1) is 5.82 Å². The fourth-order valence-electron chi connectivity index (χ4n) is 2.15. The molecular formula is C13H14ClFN2O3. The maximum Gasteiger partial charge on any atom is 0.257 e. The molecule has 1 aliphatic heterocycles. The third-order valence-corrected chi connectivity index (χ3v) is 3.40. The highest BCUT2D eigenvalue weighted by molar-refractivity contribution is 6.31. The summed E-state index contributed by atoms with van der Waals surface area (Å²) < 4.78 is 19.1. The zero-order valence-electron chi connectivity index (χ0n) is 10.6. The molecule has 20 heavy (non-hydrogen) atoms. The molecule has 1 atom stereocenters. The lowest BCUT2D eigenvalue weighted by molar-refractivity contribution is -0.120. The van der Waals surface area contributed by atoms with Crippen molar-refractivity contribution in [1.82, 2.24) is 4.90 Å². The second kappa shape index (κ2) is 6.19. The number of benzene rings is 1. The van der Waals surface area contributed by atoms with Crippen LogP contribution in [-0.2, 0) is 9.53 Å². The summed E-state index contributed by atoms with van der Waals surface area (Å²) in [5.74, 6) is -1.81. The van der Waals surface area contributed by atoms with Crippen molar-refractivity contribution in [2.75, 3.05) is 19.8 Å². The van der Waals surface area contributed by atoms with Crippen LogP contribution in [0.4, 0.5) is 4.39 Å². The highest BCUT2D eigenvalue weighted by atomic mass is 35.5. The lowest BCUT2D eigenvalue weighted by Crippen LogP contribution is -2.50. The Bertz CT molecular complexity index is 538. The first-order chi connectivity index (χ1) is 9.50. The average molecular weight is 301 g/mol. The van der Waals surface area contributed by atoms with Gasteiger partial charge in [-0.25, -0.2) is 4.39 Å². The second-order valence-corrected chi connectivity index (χ2v) is 4.91. The Hall–Kier alpha value is -1.66. The molecular weight excluding hydrogens is 287 g/mol. The molecule has 5 nitrogen and oxygen atoms in total. The minimum absolute atomic E-state index is 0.0199. The van der Waals surface area contributed by atoms with Crippen LogP contribution in [-0.4, -0.2) is 42.5 Å². The van der Waals surface area contributed by atoms with Crippen LogP contribution < -0.4 is 5.73 Å². The third kappa shape index (κ3) is 3.08. The monoisotopic (exact) mass is 300 g/mol. The Morgan fingerprint density at radius 1 is 1.50 bits per heavy atom. The summed E-state index contributed by atoms with van der Waals surface area (Å²) in [5.41, 5.74) is 5.03. The van der Waals surface area contributed by atoms with Gasteiger partial charge in [0.15, 0.2) is 5.82 Å². The highest BCUT2D eigenvalue weighted by Gasteiger charge is 2.30. The van der Waals surface area contributed by atoms with E-state index in [1.54, 1.807) is 0 Å². The second-order valence-electron chi connectivity index (χ2n) is 4.50. The van der Waals surface area contributed by atoms with Gasteiger partial charge in [-0.3, -0.25) is 9.59 Å². The molecule has 0 radical (unpaired) electrons. The van der Waals surface area contributed by atoms with Gasteiger partial charge in [0, 0.05) is 13.0 Å². The van der Waals surface area contributed by atoms with Gasteiger partial charge >= 0.3 is 0 Å². The van der Waals surface area contributed by atoms with Gasteiger partial charge < -0.3 is 15.4 Å². The van der Waals surface area contributed by atoms with Gasteiger partial charge in [0.2, 0.25) is 5.91 Å². The molecule has 2 amide bonds. The highest BCUT2D eigenvalue weighted by Crippen LogP contribution is 2.21. The summed E-state index contributed by atoms with van der Waals surface area (Å²) in [6.45, 7) is 0.822. The molecule has 1 aliphatic rings. The van der Waals surface area contributed by atoms with Crippen LogP contribution in [0.3, 0.4) is 0 Å². The zero-order chi connectivity index (χ0) is 14.7. The fraction of sp³-hybridized carbons (Fsp3) is 0.385. The Morgan fingerprint density at radius 2 is 2.25 bits per heavy atom. The molecule has 1 heterocycles. The Labute approximate surface area is 120 Å². The van der Waals surface area contributed by atoms with Crippen molar-refractivity contribution in [3.63, 3.8) is 0 Å². The number of primary amides is 1. The van der Waals surface area contributed by atoms with Crippen molar-refractivity contribution in [3.05, 3.63) is 34.6 Å². The minimum atomic E-state index is -0.761. The van der Waals surface area contributed by atoms with Crippen molar-refractivity contribution in [2.45, 2.75) is 12.5 Å². The van der Waals surface area contributed by atoms with E-state index in [1.807, 2.05) is 0 Å². The first-order valence-corrected chi connectivity index (χ1v) is 6.49. The van der Waals surface area contributed by atoms with E-state index in [1.165, 1.54) is 23.1 Å². The molecule has 0 spiro atoms. The predicted octanol–water partition coefficient (Wildman–Crippen LogP) is 1.20. The number of amides is 2. The molecule has 1 unspecified atom stereocenters. The third-order valence-electron chi connectivity index (χ3n) is 3.11. The van der Waals surface area contributed by atoms with E-state index in [0.717, 1.165) is 0 Å². The van der Waals surface area contributed by atoms with Crippen LogP contribution in [0.25, 0.3) is 0 Å². The SMILES string of the molecule is NC(=O)CC1COCCN1C(=O)c1cccc(Cl)c1F. The molecule has 0 bridgehead atoms. The number of halogens is 2. The first kappa shape index (κ1) is 14.7. The van der Waals surface area contributed by atoms with Gasteiger partial charge in [0.05, 0.1) is 29.8 Å². The van der Waals surface area contributed by atoms with Crippen molar-refractivity contribution in [1.29, 1.82) is 0 Å². The summed E-state index contributed by atoms with van der Waals surface area (Å²) in [4.78, 5) is 24.8. The number of morpholine rings is 1. The molecule has 1 aromatic rings. The van der Waals surface area contributed by atoms with E-state index in [0.29, 0.717) is 6.61 Å². The largest absolute Gasteiger partial charge is 0.377 e. The van der Waals surface area contributed by atoms with E-state index in [9.17, 15) is 14.0 Å². The molecule has 7 heteroatoms. The molecule has 1 saturated heterocycles. The molecule has 0 saturated carbocycles. The lowest BCUT2D eigenvalue weighted by Gasteiger charge is -2.35. The maximum absolute atomic E-state index is 13.9. The lowest BCUT2D eigenvalue weighted by atomic mass is 10.1. The molecule has 1 aromatic carbocycles. The van der Waals surface area contributed by atoms with E-state index in [4.69, 9.17) is 22.1 Å². The number of rotatable bonds is 3. The molecule has 2 N–H and O–H groups in total. The normalized spacial score (nSPS) is 18.9. The molecule has 2 rings (SSSR count). The van der Waals surface area contributed by atoms with Crippen molar-refractivity contribution >= 4 is 23.4 Å². The van der Waals surface area contributed by atoms with Gasteiger partial charge in [-0.2, -0.15) is 0 Å². The van der Waals surface area contributed by atoms with Crippen LogP contribution in [0.5, 0.6) is 0 Å². The smallest absolute Gasteiger partial charge is 0.257 e. The van der Waals surface area contributed by atoms with E-state index >= 15 is 0 Å². The van der Waals surface area contributed by atoms with Crippen molar-refractivity contribution in [2.24, 2.45) is 5.73 Å². The van der Waals surface area contributed by atoms with Gasteiger partial charge in [0.25, 0.3) is 5.91 Å². The number of nitrogens with two attached hydrogens (primary N) is 1. The number of carbonyl (C=O) groups excluding carboxylic acids is 2. The fourth-order valence-corrected chi connectivity index (χ4v) is 2.32. The summed E-state index contributed by atoms with van der Waals surface area (Å²) in [5, 5.41) is -0.115. The Balaban J connectivity index is 2.25. The number of carbonyl (C=O) groups is 2. The van der Waals surface area contributed by atoms with E-state index in [2.05, 4.69) is 0 Å². The molecule has 0 aliphatic carbocycles. The zero-order valence-corrected chi connectivity index (χ0v) is 11.4. The van der Waals surface area contributed by atoms with Crippen molar-refractivity contribution in [3.8, 4) is 0 Å². The minimum Gasteiger partial charge on any atom is -0.377 e. The van der Waals surface area contributed by atoms with Crippen LogP contribution in [0.1, 0.15) is 16.8 Å². The topological polar surface area (TPSA) is 72.6 Å². The van der Waals surface area contributed by atoms with E-state index < -0.39 is 23.7 Å². The van der Waals surface area contributed by atoms with Gasteiger partial charge in [0.1, 0.15) is 0 Å². The molecule has 108 valence electrons. The van der Waals surface area contributed by atoms with Crippen LogP contribution in [0.15, 0.2) is 18.2 Å². The number of hydrogen-bond acceptors (Lipinski definition) is 3. The van der Waals surface area contributed by atoms with Gasteiger partial charge in [-0.1, -0.05) is 17.7 Å². The van der Waals surface area contributed by atoms with Gasteiger partial charge in [-0.05, 0) is 12.1 Å². The summed E-state index contributed by atoms with van der Waals surface area (Å²) >= 11 is 5.67. The van der Waals surface area contributed by atoms with Crippen LogP contribution >= 0.6 is 11.6 Å². The van der Waals surface area contributed by atoms with Crippen LogP contribution in [0.2, 0.25) is 5.02 Å². The first-order valence-electron chi connectivity index (χ1n) is 6.11. The van der Waals surface area contributed by atoms with E-state index in [-0.39, 0.29) is 30.2 Å². The molecule has 1 fully saturated rings. The number of ether oxygens (including phenoxy) is 1. The average Bonchev–Trinajstić information content (AvgIpc) is 2.41. The number of nitrogens with zero attached hydrogens (tertiary/aromatic N) is 1. The number of hydrogen-bond donors (Lipinski definition) is 1. The standard InChI is InChI=1S/C13H14ClFN2O3/c14-10-3-1-2-9(12(10)15)13(19)17-4-5-20-7-8(17)6-11(16)18/h1-3,8H,4-7H2,(H2,16,18).